The van der Waals surface area contributed by atoms with Gasteiger partial charge < -0.3 is 19.0 Å². The SMILES string of the molecule is CCOC(=O)C1=C(C)N=c2s/c(=C\c3ccc(-c4cc(C(=O)O)ccc4C)o3)c(=O)n2[C@@H]1c1ccc(OC(C)C)cc1. The van der Waals surface area contributed by atoms with Gasteiger partial charge in [0.25, 0.3) is 5.56 Å². The van der Waals surface area contributed by atoms with E-state index in [1.807, 2.05) is 45.0 Å². The first-order valence-electron chi connectivity index (χ1n) is 13.5. The van der Waals surface area contributed by atoms with Crippen LogP contribution in [0.1, 0.15) is 61.0 Å². The Morgan fingerprint density at radius 1 is 1.12 bits per heavy atom. The summed E-state index contributed by atoms with van der Waals surface area (Å²) in [7, 11) is 0. The number of carbonyl (C=O) groups excluding carboxylic acids is 1. The van der Waals surface area contributed by atoms with Gasteiger partial charge in [-0.3, -0.25) is 9.36 Å². The Morgan fingerprint density at radius 3 is 2.52 bits per heavy atom. The third-order valence-corrected chi connectivity index (χ3v) is 7.72. The van der Waals surface area contributed by atoms with Crippen molar-refractivity contribution in [2.24, 2.45) is 4.99 Å². The molecule has 1 N–H and O–H groups in total. The van der Waals surface area contributed by atoms with Crippen LogP contribution in [0.25, 0.3) is 17.4 Å². The molecule has 0 saturated heterocycles. The zero-order valence-corrected chi connectivity index (χ0v) is 24.7. The Bertz CT molecular complexity index is 1890. The van der Waals surface area contributed by atoms with Gasteiger partial charge in [-0.2, -0.15) is 0 Å². The predicted octanol–water partition coefficient (Wildman–Crippen LogP) is 4.85. The molecule has 216 valence electrons. The molecule has 42 heavy (non-hydrogen) atoms. The Balaban J connectivity index is 1.60. The van der Waals surface area contributed by atoms with E-state index in [2.05, 4.69) is 4.99 Å². The zero-order valence-electron chi connectivity index (χ0n) is 23.8. The molecule has 9 nitrogen and oxygen atoms in total. The van der Waals surface area contributed by atoms with E-state index in [1.165, 1.54) is 15.9 Å². The second-order valence-electron chi connectivity index (χ2n) is 10.1. The lowest BCUT2D eigenvalue weighted by Crippen LogP contribution is -2.39. The summed E-state index contributed by atoms with van der Waals surface area (Å²) in [5.41, 5.74) is 2.80. The molecule has 0 fully saturated rings. The number of carboxylic acid groups (broad SMARTS) is 1. The van der Waals surface area contributed by atoms with E-state index in [0.717, 1.165) is 5.56 Å². The number of carboxylic acids is 1. The number of aryl methyl sites for hydroxylation is 1. The number of benzene rings is 2. The van der Waals surface area contributed by atoms with Gasteiger partial charge in [-0.05, 0) is 82.1 Å². The highest BCUT2D eigenvalue weighted by Gasteiger charge is 2.33. The quantitative estimate of drug-likeness (QED) is 0.293. The van der Waals surface area contributed by atoms with Crippen LogP contribution in [0.15, 0.2) is 80.1 Å². The van der Waals surface area contributed by atoms with E-state index in [4.69, 9.17) is 13.9 Å². The fraction of sp³-hybridized carbons (Fsp3) is 0.250. The highest BCUT2D eigenvalue weighted by Crippen LogP contribution is 2.32. The van der Waals surface area contributed by atoms with Crippen molar-refractivity contribution >= 4 is 29.4 Å². The van der Waals surface area contributed by atoms with E-state index >= 15 is 0 Å². The van der Waals surface area contributed by atoms with Crippen molar-refractivity contribution in [1.29, 1.82) is 0 Å². The van der Waals surface area contributed by atoms with Crippen LogP contribution >= 0.6 is 11.3 Å². The molecule has 1 atom stereocenters. The maximum Gasteiger partial charge on any atom is 0.338 e. The molecule has 0 aliphatic carbocycles. The van der Waals surface area contributed by atoms with Gasteiger partial charge in [0.05, 0.1) is 40.1 Å². The standard InChI is InChI=1S/C32H30N2O7S/c1-6-39-31(38)27-19(5)33-32-34(28(27)20-9-11-22(12-10-20)40-17(2)3)29(35)26(42-32)16-23-13-14-25(41-23)24-15-21(30(36)37)8-7-18(24)4/h7-17,28H,6H2,1-5H3,(H,36,37)/b26-16-/t28-/m1/s1. The van der Waals surface area contributed by atoms with Gasteiger partial charge in [-0.1, -0.05) is 29.5 Å². The minimum atomic E-state index is -1.03. The first kappa shape index (κ1) is 28.8. The van der Waals surface area contributed by atoms with Gasteiger partial charge in [0.1, 0.15) is 17.3 Å². The molecule has 1 aliphatic heterocycles. The number of esters is 1. The number of carbonyl (C=O) groups is 2. The zero-order chi connectivity index (χ0) is 30.1. The van der Waals surface area contributed by atoms with Crippen LogP contribution in [0.4, 0.5) is 0 Å². The Labute approximate surface area is 245 Å². The normalized spacial score (nSPS) is 15.0. The lowest BCUT2D eigenvalue weighted by atomic mass is 9.96. The second kappa shape index (κ2) is 11.7. The molecule has 0 amide bonds. The number of allylic oxidation sites excluding steroid dienone is 1. The van der Waals surface area contributed by atoms with Gasteiger partial charge in [0.15, 0.2) is 4.80 Å². The maximum atomic E-state index is 13.9. The number of furan rings is 1. The topological polar surface area (TPSA) is 120 Å². The summed E-state index contributed by atoms with van der Waals surface area (Å²) in [5, 5.41) is 9.39. The van der Waals surface area contributed by atoms with Crippen LogP contribution in [-0.2, 0) is 9.53 Å². The van der Waals surface area contributed by atoms with Crippen molar-refractivity contribution in [2.75, 3.05) is 6.61 Å². The molecule has 1 aliphatic rings. The highest BCUT2D eigenvalue weighted by atomic mass is 32.1. The smallest absolute Gasteiger partial charge is 0.338 e. The molecular formula is C32H30N2O7S. The number of ether oxygens (including phenoxy) is 2. The molecule has 0 spiro atoms. The largest absolute Gasteiger partial charge is 0.491 e. The van der Waals surface area contributed by atoms with Crippen LogP contribution in [0.5, 0.6) is 5.75 Å². The van der Waals surface area contributed by atoms with Crippen molar-refractivity contribution in [1.82, 2.24) is 4.57 Å². The fourth-order valence-corrected chi connectivity index (χ4v) is 5.86. The van der Waals surface area contributed by atoms with Gasteiger partial charge in [-0.25, -0.2) is 14.6 Å². The second-order valence-corrected chi connectivity index (χ2v) is 11.1. The van der Waals surface area contributed by atoms with Crippen LogP contribution in [0, 0.1) is 6.92 Å². The van der Waals surface area contributed by atoms with E-state index in [9.17, 15) is 19.5 Å². The van der Waals surface area contributed by atoms with E-state index in [-0.39, 0.29) is 23.8 Å². The molecule has 2 aromatic carbocycles. The van der Waals surface area contributed by atoms with Gasteiger partial charge >= 0.3 is 11.9 Å². The molecule has 3 heterocycles. The number of aromatic carboxylic acids is 1. The van der Waals surface area contributed by atoms with Gasteiger partial charge in [-0.15, -0.1) is 0 Å². The molecule has 2 aromatic heterocycles. The highest BCUT2D eigenvalue weighted by molar-refractivity contribution is 7.07. The van der Waals surface area contributed by atoms with Crippen LogP contribution < -0.4 is 19.6 Å². The molecule has 0 radical (unpaired) electrons. The third-order valence-electron chi connectivity index (χ3n) is 6.73. The van der Waals surface area contributed by atoms with Gasteiger partial charge in [0, 0.05) is 11.6 Å². The van der Waals surface area contributed by atoms with Gasteiger partial charge in [0.2, 0.25) is 0 Å². The number of hydrogen-bond donors (Lipinski definition) is 1. The lowest BCUT2D eigenvalue weighted by molar-refractivity contribution is -0.139. The van der Waals surface area contributed by atoms with E-state index in [0.29, 0.717) is 49.0 Å². The number of aromatic nitrogens is 1. The molecule has 4 aromatic rings. The Kier molecular flexibility index (Phi) is 8.00. The number of nitrogens with zero attached hydrogens (tertiary/aromatic N) is 2. The van der Waals surface area contributed by atoms with Crippen molar-refractivity contribution in [2.45, 2.75) is 46.8 Å². The summed E-state index contributed by atoms with van der Waals surface area (Å²) in [5.74, 6) is 0.0193. The number of fused-ring (bicyclic) bond motifs is 1. The summed E-state index contributed by atoms with van der Waals surface area (Å²) >= 11 is 1.19. The summed E-state index contributed by atoms with van der Waals surface area (Å²) in [4.78, 5) is 43.5. The summed E-state index contributed by atoms with van der Waals surface area (Å²) in [6.45, 7) is 9.39. The van der Waals surface area contributed by atoms with E-state index in [1.54, 1.807) is 50.3 Å². The number of rotatable bonds is 8. The average Bonchev–Trinajstić information content (AvgIpc) is 3.52. The molecule has 0 unspecified atom stereocenters. The molecule has 10 heteroatoms. The van der Waals surface area contributed by atoms with Crippen LogP contribution in [0.2, 0.25) is 0 Å². The number of thiazole rings is 1. The summed E-state index contributed by atoms with van der Waals surface area (Å²) < 4.78 is 19.0. The van der Waals surface area contributed by atoms with Crippen molar-refractivity contribution in [3.8, 4) is 17.1 Å². The fourth-order valence-electron chi connectivity index (χ4n) is 4.83. The first-order chi connectivity index (χ1) is 20.1. The Hall–Kier alpha value is -4.70. The van der Waals surface area contributed by atoms with E-state index < -0.39 is 18.0 Å². The third kappa shape index (κ3) is 5.58. The number of hydrogen-bond acceptors (Lipinski definition) is 8. The van der Waals surface area contributed by atoms with Crippen LogP contribution in [0.3, 0.4) is 0 Å². The maximum absolute atomic E-state index is 13.9. The minimum absolute atomic E-state index is 0.00195. The van der Waals surface area contributed by atoms with Crippen molar-refractivity contribution < 1.29 is 28.6 Å². The first-order valence-corrected chi connectivity index (χ1v) is 14.3. The van der Waals surface area contributed by atoms with Crippen molar-refractivity contribution in [3.05, 3.63) is 108 Å². The summed E-state index contributed by atoms with van der Waals surface area (Å²) in [6.07, 6.45) is 1.63. The minimum Gasteiger partial charge on any atom is -0.491 e. The summed E-state index contributed by atoms with van der Waals surface area (Å²) in [6, 6.07) is 14.8. The Morgan fingerprint density at radius 2 is 1.86 bits per heavy atom. The van der Waals surface area contributed by atoms with Crippen LogP contribution in [-0.4, -0.2) is 34.3 Å². The average molecular weight is 587 g/mol. The molecular weight excluding hydrogens is 556 g/mol. The molecule has 0 saturated carbocycles. The lowest BCUT2D eigenvalue weighted by Gasteiger charge is -2.25. The molecule has 0 bridgehead atoms. The monoisotopic (exact) mass is 586 g/mol. The predicted molar refractivity (Wildman–Crippen MR) is 158 cm³/mol. The van der Waals surface area contributed by atoms with Crippen molar-refractivity contribution in [3.63, 3.8) is 0 Å². The molecule has 5 rings (SSSR count).